The number of nitrogens with zero attached hydrogens (tertiary/aromatic N) is 2. The summed E-state index contributed by atoms with van der Waals surface area (Å²) in [6.07, 6.45) is 8.24. The number of methoxy groups -OCH3 is 4. The summed E-state index contributed by atoms with van der Waals surface area (Å²) in [5.41, 5.74) is 12.9. The van der Waals surface area contributed by atoms with Crippen LogP contribution in [0.3, 0.4) is 0 Å². The third-order valence-electron chi connectivity index (χ3n) is 8.56. The fourth-order valence-corrected chi connectivity index (χ4v) is 6.00. The van der Waals surface area contributed by atoms with E-state index in [-0.39, 0.29) is 0 Å². The SMILES string of the molecule is COc1cc(OC)cc(-c2c3nc(c(C)c4ccc([nH]4)c(-c4cc(OC)cc(OC)c4)c4nc(c(C)c5ccc2[nH]5)C=C4)C=C3)c1. The molecule has 2 aliphatic heterocycles. The van der Waals surface area contributed by atoms with Crippen molar-refractivity contribution in [3.8, 4) is 45.3 Å². The van der Waals surface area contributed by atoms with Crippen molar-refractivity contribution >= 4 is 46.4 Å². The molecule has 2 N–H and O–H groups in total. The van der Waals surface area contributed by atoms with E-state index in [1.165, 1.54) is 0 Å². The molecule has 8 nitrogen and oxygen atoms in total. The normalized spacial score (nSPS) is 12.0. The van der Waals surface area contributed by atoms with E-state index >= 15 is 0 Å². The van der Waals surface area contributed by atoms with Crippen LogP contribution in [0.1, 0.15) is 33.9 Å². The molecule has 5 heterocycles. The van der Waals surface area contributed by atoms with Crippen LogP contribution in [0.2, 0.25) is 0 Å². The lowest BCUT2D eigenvalue weighted by molar-refractivity contribution is 0.394. The zero-order valence-corrected chi connectivity index (χ0v) is 26.6. The second-order valence-corrected chi connectivity index (χ2v) is 11.2. The number of rotatable bonds is 6. The number of aromatic nitrogens is 4. The Morgan fingerprint density at radius 2 is 0.761 bits per heavy atom. The standard InChI is InChI=1S/C38H34N4O4/c1-21-29-7-11-33(39-29)37(23-15-25(43-3)19-26(16-23)44-4)35-13-9-31(41-35)22(2)32-10-14-36(42-32)38(34-12-8-30(21)40-34)24-17-27(45-5)20-28(18-24)46-6/h7-20,39,42H,1-6H3. The molecule has 230 valence electrons. The summed E-state index contributed by atoms with van der Waals surface area (Å²) in [6, 6.07) is 20.1. The molecular formula is C38H34N4O4. The highest BCUT2D eigenvalue weighted by Crippen LogP contribution is 2.38. The molecule has 0 saturated heterocycles. The average molecular weight is 611 g/mol. The van der Waals surface area contributed by atoms with E-state index in [1.807, 2.05) is 36.4 Å². The number of H-pyrrole nitrogens is 2. The second kappa shape index (κ2) is 11.6. The maximum Gasteiger partial charge on any atom is 0.123 e. The van der Waals surface area contributed by atoms with Crippen molar-refractivity contribution in [1.29, 1.82) is 0 Å². The minimum absolute atomic E-state index is 0.700. The van der Waals surface area contributed by atoms with E-state index in [0.29, 0.717) is 23.0 Å². The van der Waals surface area contributed by atoms with Gasteiger partial charge in [0.05, 0.1) is 51.2 Å². The smallest absolute Gasteiger partial charge is 0.123 e. The Morgan fingerprint density at radius 1 is 0.435 bits per heavy atom. The van der Waals surface area contributed by atoms with Crippen molar-refractivity contribution in [2.24, 2.45) is 0 Å². The Kier molecular flexibility index (Phi) is 7.33. The highest BCUT2D eigenvalue weighted by atomic mass is 16.5. The molecule has 0 amide bonds. The first-order chi connectivity index (χ1) is 22.4. The molecule has 0 radical (unpaired) electrons. The number of hydrogen-bond donors (Lipinski definition) is 2. The summed E-state index contributed by atoms with van der Waals surface area (Å²) in [5.74, 6) is 2.80. The van der Waals surface area contributed by atoms with Gasteiger partial charge in [0.1, 0.15) is 23.0 Å². The zero-order chi connectivity index (χ0) is 31.9. The lowest BCUT2D eigenvalue weighted by atomic mass is 10.0. The van der Waals surface area contributed by atoms with Crippen LogP contribution >= 0.6 is 0 Å². The highest BCUT2D eigenvalue weighted by molar-refractivity contribution is 5.94. The molecule has 8 bridgehead atoms. The monoisotopic (exact) mass is 610 g/mol. The van der Waals surface area contributed by atoms with Crippen molar-refractivity contribution in [1.82, 2.24) is 19.9 Å². The van der Waals surface area contributed by atoms with Gasteiger partial charge < -0.3 is 28.9 Å². The molecule has 46 heavy (non-hydrogen) atoms. The third-order valence-corrected chi connectivity index (χ3v) is 8.56. The van der Waals surface area contributed by atoms with Gasteiger partial charge in [-0.2, -0.15) is 0 Å². The third kappa shape index (κ3) is 5.07. The lowest BCUT2D eigenvalue weighted by Gasteiger charge is -2.10. The molecule has 7 rings (SSSR count). The molecular weight excluding hydrogens is 576 g/mol. The number of aryl methyl sites for hydroxylation is 2. The number of aromatic amines is 2. The second-order valence-electron chi connectivity index (χ2n) is 11.2. The Morgan fingerprint density at radius 3 is 1.11 bits per heavy atom. The van der Waals surface area contributed by atoms with Crippen LogP contribution < -0.4 is 18.9 Å². The molecule has 0 atom stereocenters. The summed E-state index contributed by atoms with van der Waals surface area (Å²) in [4.78, 5) is 17.6. The van der Waals surface area contributed by atoms with Gasteiger partial charge in [0.2, 0.25) is 0 Å². The molecule has 8 heteroatoms. The van der Waals surface area contributed by atoms with E-state index in [1.54, 1.807) is 28.4 Å². The Bertz CT molecular complexity index is 2040. The first-order valence-corrected chi connectivity index (χ1v) is 15.0. The summed E-state index contributed by atoms with van der Waals surface area (Å²) in [7, 11) is 6.63. The number of benzene rings is 2. The molecule has 2 aromatic carbocycles. The first kappa shape index (κ1) is 29.0. The van der Waals surface area contributed by atoms with Gasteiger partial charge in [-0.05, 0) is 109 Å². The number of hydrogen-bond acceptors (Lipinski definition) is 6. The minimum Gasteiger partial charge on any atom is -0.497 e. The van der Waals surface area contributed by atoms with Gasteiger partial charge in [-0.25, -0.2) is 9.97 Å². The predicted octanol–water partition coefficient (Wildman–Crippen LogP) is 8.64. The lowest BCUT2D eigenvalue weighted by Crippen LogP contribution is -1.92. The number of ether oxygens (including phenoxy) is 4. The maximum atomic E-state index is 5.63. The Hall–Kier alpha value is -5.76. The topological polar surface area (TPSA) is 94.3 Å². The fraction of sp³-hybridized carbons (Fsp3) is 0.158. The average Bonchev–Trinajstić information content (AvgIpc) is 3.92. The molecule has 0 unspecified atom stereocenters. The van der Waals surface area contributed by atoms with Gasteiger partial charge in [-0.15, -0.1) is 0 Å². The van der Waals surface area contributed by atoms with E-state index in [4.69, 9.17) is 28.9 Å². The quantitative estimate of drug-likeness (QED) is 0.196. The van der Waals surface area contributed by atoms with E-state index < -0.39 is 0 Å². The number of nitrogens with one attached hydrogen (secondary N) is 2. The fourth-order valence-electron chi connectivity index (χ4n) is 6.00. The van der Waals surface area contributed by atoms with Crippen molar-refractivity contribution in [3.63, 3.8) is 0 Å². The van der Waals surface area contributed by atoms with Crippen molar-refractivity contribution < 1.29 is 18.9 Å². The van der Waals surface area contributed by atoms with Crippen molar-refractivity contribution in [2.45, 2.75) is 13.8 Å². The van der Waals surface area contributed by atoms with E-state index in [2.05, 4.69) is 72.4 Å². The summed E-state index contributed by atoms with van der Waals surface area (Å²) < 4.78 is 22.5. The van der Waals surface area contributed by atoms with Gasteiger partial charge in [0.25, 0.3) is 0 Å². The van der Waals surface area contributed by atoms with E-state index in [0.717, 1.165) is 78.2 Å². The first-order valence-electron chi connectivity index (χ1n) is 15.0. The Balaban J connectivity index is 1.59. The van der Waals surface area contributed by atoms with E-state index in [9.17, 15) is 0 Å². The van der Waals surface area contributed by atoms with Crippen LogP contribution in [0.15, 0.2) is 60.7 Å². The molecule has 0 spiro atoms. The van der Waals surface area contributed by atoms with Gasteiger partial charge in [-0.1, -0.05) is 0 Å². The molecule has 0 fully saturated rings. The van der Waals surface area contributed by atoms with Gasteiger partial charge in [0, 0.05) is 45.3 Å². The summed E-state index contributed by atoms with van der Waals surface area (Å²) >= 11 is 0. The van der Waals surface area contributed by atoms with Gasteiger partial charge in [-0.3, -0.25) is 0 Å². The summed E-state index contributed by atoms with van der Waals surface area (Å²) in [5, 5.41) is 0. The zero-order valence-electron chi connectivity index (χ0n) is 26.6. The molecule has 2 aliphatic rings. The van der Waals surface area contributed by atoms with Crippen molar-refractivity contribution in [3.05, 3.63) is 94.6 Å². The van der Waals surface area contributed by atoms with Crippen LogP contribution in [-0.4, -0.2) is 48.4 Å². The molecule has 3 aromatic heterocycles. The molecule has 0 aliphatic carbocycles. The van der Waals surface area contributed by atoms with Crippen LogP contribution in [0.5, 0.6) is 23.0 Å². The minimum atomic E-state index is 0.700. The van der Waals surface area contributed by atoms with Gasteiger partial charge >= 0.3 is 0 Å². The van der Waals surface area contributed by atoms with Crippen LogP contribution in [-0.2, 0) is 0 Å². The molecule has 5 aromatic rings. The van der Waals surface area contributed by atoms with Gasteiger partial charge in [0.15, 0.2) is 0 Å². The predicted molar refractivity (Wildman–Crippen MR) is 185 cm³/mol. The number of fused-ring (bicyclic) bond motifs is 8. The Labute approximate surface area is 267 Å². The van der Waals surface area contributed by atoms with Crippen LogP contribution in [0, 0.1) is 13.8 Å². The van der Waals surface area contributed by atoms with Crippen LogP contribution in [0.25, 0.3) is 68.6 Å². The summed E-state index contributed by atoms with van der Waals surface area (Å²) in [6.45, 7) is 4.16. The highest BCUT2D eigenvalue weighted by Gasteiger charge is 2.17. The maximum absolute atomic E-state index is 5.63. The molecule has 0 saturated carbocycles. The largest absolute Gasteiger partial charge is 0.497 e. The van der Waals surface area contributed by atoms with Crippen LogP contribution in [0.4, 0.5) is 0 Å². The van der Waals surface area contributed by atoms with Crippen molar-refractivity contribution in [2.75, 3.05) is 28.4 Å².